The molecule has 102 valence electrons. The molecule has 0 bridgehead atoms. The van der Waals surface area contributed by atoms with Crippen LogP contribution in [-0.4, -0.2) is 78.3 Å². The molecule has 0 unspecified atom stereocenters. The van der Waals surface area contributed by atoms with Gasteiger partial charge in [-0.1, -0.05) is 11.3 Å². The van der Waals surface area contributed by atoms with Crippen LogP contribution in [0.5, 0.6) is 0 Å². The van der Waals surface area contributed by atoms with Crippen LogP contribution < -0.4 is 0 Å². The fraction of sp³-hybridized carbons (Fsp3) is 0.818. The maximum atomic E-state index is 5.79. The quantitative estimate of drug-likeness (QED) is 0.804. The van der Waals surface area contributed by atoms with Gasteiger partial charge in [0.2, 0.25) is 4.47 Å². The number of hydrogen-bond acceptors (Lipinski definition) is 6. The number of halogens is 1. The molecule has 1 saturated heterocycles. The zero-order valence-electron chi connectivity index (χ0n) is 11.0. The molecule has 1 aliphatic heterocycles. The summed E-state index contributed by atoms with van der Waals surface area (Å²) in [5, 5.41) is 8.92. The van der Waals surface area contributed by atoms with E-state index < -0.39 is 0 Å². The van der Waals surface area contributed by atoms with Crippen LogP contribution in [0.15, 0.2) is 0 Å². The fourth-order valence-electron chi connectivity index (χ4n) is 2.00. The average molecular weight is 290 g/mol. The van der Waals surface area contributed by atoms with E-state index in [1.54, 1.807) is 0 Å². The highest BCUT2D eigenvalue weighted by molar-refractivity contribution is 7.15. The van der Waals surface area contributed by atoms with Crippen molar-refractivity contribution in [2.45, 2.75) is 6.54 Å². The third-order valence-corrected chi connectivity index (χ3v) is 4.13. The SMILES string of the molecule is CN(C)CCN1CCN(Cc2nnc(Cl)s2)CC1. The molecule has 0 saturated carbocycles. The van der Waals surface area contributed by atoms with Crippen LogP contribution in [0.25, 0.3) is 0 Å². The van der Waals surface area contributed by atoms with Crippen LogP contribution in [0.2, 0.25) is 4.47 Å². The fourth-order valence-corrected chi connectivity index (χ4v) is 2.91. The molecular formula is C11H20ClN5S. The van der Waals surface area contributed by atoms with E-state index in [1.165, 1.54) is 11.3 Å². The van der Waals surface area contributed by atoms with Gasteiger partial charge in [0.25, 0.3) is 0 Å². The summed E-state index contributed by atoms with van der Waals surface area (Å²) in [4.78, 5) is 7.17. The minimum absolute atomic E-state index is 0.537. The molecule has 2 rings (SSSR count). The molecular weight excluding hydrogens is 270 g/mol. The summed E-state index contributed by atoms with van der Waals surface area (Å²) in [5.41, 5.74) is 0. The molecule has 2 heterocycles. The van der Waals surface area contributed by atoms with Crippen LogP contribution in [0, 0.1) is 0 Å². The Labute approximate surface area is 117 Å². The van der Waals surface area contributed by atoms with Gasteiger partial charge >= 0.3 is 0 Å². The monoisotopic (exact) mass is 289 g/mol. The lowest BCUT2D eigenvalue weighted by Gasteiger charge is -2.34. The van der Waals surface area contributed by atoms with Crippen molar-refractivity contribution < 1.29 is 0 Å². The second kappa shape index (κ2) is 6.77. The number of likely N-dealkylation sites (N-methyl/N-ethyl adjacent to an activating group) is 1. The Hall–Kier alpha value is -0.270. The Kier molecular flexibility index (Phi) is 5.32. The van der Waals surface area contributed by atoms with E-state index in [2.05, 4.69) is 39.0 Å². The number of aromatic nitrogens is 2. The zero-order valence-corrected chi connectivity index (χ0v) is 12.5. The van der Waals surface area contributed by atoms with Crippen LogP contribution in [-0.2, 0) is 6.54 Å². The highest BCUT2D eigenvalue weighted by atomic mass is 35.5. The van der Waals surface area contributed by atoms with Gasteiger partial charge in [0, 0.05) is 39.3 Å². The van der Waals surface area contributed by atoms with Gasteiger partial charge in [-0.05, 0) is 25.7 Å². The van der Waals surface area contributed by atoms with Crippen LogP contribution in [0.3, 0.4) is 0 Å². The molecule has 0 aliphatic carbocycles. The smallest absolute Gasteiger partial charge is 0.207 e. The lowest BCUT2D eigenvalue weighted by atomic mass is 10.3. The lowest BCUT2D eigenvalue weighted by molar-refractivity contribution is 0.120. The lowest BCUT2D eigenvalue weighted by Crippen LogP contribution is -2.47. The second-order valence-corrected chi connectivity index (χ2v) is 6.51. The Morgan fingerprint density at radius 1 is 1.17 bits per heavy atom. The molecule has 7 heteroatoms. The van der Waals surface area contributed by atoms with Crippen LogP contribution in [0.1, 0.15) is 5.01 Å². The second-order valence-electron chi connectivity index (χ2n) is 4.87. The van der Waals surface area contributed by atoms with Gasteiger partial charge in [0.05, 0.1) is 6.54 Å². The summed E-state index contributed by atoms with van der Waals surface area (Å²) in [7, 11) is 4.24. The topological polar surface area (TPSA) is 35.5 Å². The minimum atomic E-state index is 0.537. The molecule has 1 fully saturated rings. The molecule has 0 N–H and O–H groups in total. The number of piperazine rings is 1. The van der Waals surface area contributed by atoms with E-state index >= 15 is 0 Å². The van der Waals surface area contributed by atoms with Crippen molar-refractivity contribution in [3.63, 3.8) is 0 Å². The molecule has 1 aromatic rings. The van der Waals surface area contributed by atoms with Crippen molar-refractivity contribution in [3.05, 3.63) is 9.47 Å². The first kappa shape index (κ1) is 14.1. The van der Waals surface area contributed by atoms with Gasteiger partial charge in [-0.15, -0.1) is 10.2 Å². The van der Waals surface area contributed by atoms with E-state index in [0.717, 1.165) is 50.8 Å². The molecule has 1 aliphatic rings. The van der Waals surface area contributed by atoms with Crippen LogP contribution >= 0.6 is 22.9 Å². The van der Waals surface area contributed by atoms with E-state index in [1.807, 2.05) is 0 Å². The summed E-state index contributed by atoms with van der Waals surface area (Å²) >= 11 is 7.26. The van der Waals surface area contributed by atoms with Crippen molar-refractivity contribution in [2.75, 3.05) is 53.4 Å². The minimum Gasteiger partial charge on any atom is -0.308 e. The number of rotatable bonds is 5. The van der Waals surface area contributed by atoms with Crippen molar-refractivity contribution >= 4 is 22.9 Å². The molecule has 5 nitrogen and oxygen atoms in total. The highest BCUT2D eigenvalue weighted by Gasteiger charge is 2.18. The third-order valence-electron chi connectivity index (χ3n) is 3.13. The maximum Gasteiger partial charge on any atom is 0.207 e. The first-order valence-electron chi connectivity index (χ1n) is 6.21. The van der Waals surface area contributed by atoms with E-state index in [4.69, 9.17) is 11.6 Å². The molecule has 18 heavy (non-hydrogen) atoms. The average Bonchev–Trinajstić information content (AvgIpc) is 2.74. The maximum absolute atomic E-state index is 5.79. The highest BCUT2D eigenvalue weighted by Crippen LogP contribution is 2.17. The van der Waals surface area contributed by atoms with E-state index in [-0.39, 0.29) is 0 Å². The van der Waals surface area contributed by atoms with E-state index in [0.29, 0.717) is 4.47 Å². The Balaban J connectivity index is 1.70. The molecule has 1 aromatic heterocycles. The summed E-state index contributed by atoms with van der Waals surface area (Å²) < 4.78 is 0.537. The number of nitrogens with zero attached hydrogens (tertiary/aromatic N) is 5. The molecule has 0 radical (unpaired) electrons. The van der Waals surface area contributed by atoms with Gasteiger partial charge in [-0.25, -0.2) is 0 Å². The summed E-state index contributed by atoms with van der Waals surface area (Å²) in [6, 6.07) is 0. The first-order valence-corrected chi connectivity index (χ1v) is 7.40. The third kappa shape index (κ3) is 4.44. The first-order chi connectivity index (χ1) is 8.63. The molecule has 0 aromatic carbocycles. The molecule has 0 spiro atoms. The largest absolute Gasteiger partial charge is 0.308 e. The van der Waals surface area contributed by atoms with Crippen molar-refractivity contribution in [3.8, 4) is 0 Å². The normalized spacial score (nSPS) is 18.7. The van der Waals surface area contributed by atoms with E-state index in [9.17, 15) is 0 Å². The van der Waals surface area contributed by atoms with Gasteiger partial charge in [-0.2, -0.15) is 0 Å². The molecule has 0 atom stereocenters. The Morgan fingerprint density at radius 3 is 2.39 bits per heavy atom. The summed E-state index contributed by atoms with van der Waals surface area (Å²) in [5.74, 6) is 0. The zero-order chi connectivity index (χ0) is 13.0. The summed E-state index contributed by atoms with van der Waals surface area (Å²) in [6.07, 6.45) is 0. The van der Waals surface area contributed by atoms with Gasteiger partial charge in [0.15, 0.2) is 0 Å². The van der Waals surface area contributed by atoms with Crippen molar-refractivity contribution in [2.24, 2.45) is 0 Å². The predicted octanol–water partition coefficient (Wildman–Crippen LogP) is 0.871. The van der Waals surface area contributed by atoms with Gasteiger partial charge in [0.1, 0.15) is 5.01 Å². The Morgan fingerprint density at radius 2 is 1.83 bits per heavy atom. The standard InChI is InChI=1S/C11H20ClN5S/c1-15(2)3-4-16-5-7-17(8-6-16)9-10-13-14-11(12)18-10/h3-9H2,1-2H3. The number of hydrogen-bond donors (Lipinski definition) is 0. The molecule has 0 amide bonds. The van der Waals surface area contributed by atoms with Crippen LogP contribution in [0.4, 0.5) is 0 Å². The van der Waals surface area contributed by atoms with Gasteiger partial charge < -0.3 is 4.90 Å². The Bertz CT molecular complexity index is 362. The van der Waals surface area contributed by atoms with Crippen molar-refractivity contribution in [1.82, 2.24) is 24.9 Å². The predicted molar refractivity (Wildman–Crippen MR) is 75.2 cm³/mol. The van der Waals surface area contributed by atoms with Crippen molar-refractivity contribution in [1.29, 1.82) is 0 Å². The van der Waals surface area contributed by atoms with Gasteiger partial charge in [-0.3, -0.25) is 9.80 Å². The summed E-state index contributed by atoms with van der Waals surface area (Å²) in [6.45, 7) is 7.65.